The number of anilines is 2. The van der Waals surface area contributed by atoms with Gasteiger partial charge in [-0.05, 0) is 43.7 Å². The minimum Gasteiger partial charge on any atom is -0.382 e. The van der Waals surface area contributed by atoms with Gasteiger partial charge in [0.05, 0.1) is 11.4 Å². The number of amides is 2. The van der Waals surface area contributed by atoms with Crippen LogP contribution in [0.25, 0.3) is 0 Å². The van der Waals surface area contributed by atoms with E-state index in [9.17, 15) is 18.4 Å². The summed E-state index contributed by atoms with van der Waals surface area (Å²) in [6.07, 6.45) is -0.997. The third kappa shape index (κ3) is 5.88. The second-order valence-electron chi connectivity index (χ2n) is 5.80. The summed E-state index contributed by atoms with van der Waals surface area (Å²) in [6.45, 7) is 4.56. The highest BCUT2D eigenvalue weighted by Crippen LogP contribution is 2.16. The van der Waals surface area contributed by atoms with Crippen LogP contribution in [-0.2, 0) is 14.4 Å². The van der Waals surface area contributed by atoms with Crippen LogP contribution in [0.15, 0.2) is 47.6 Å². The molecule has 0 spiro atoms. The van der Waals surface area contributed by atoms with Gasteiger partial charge in [-0.2, -0.15) is 0 Å². The molecule has 2 aromatic carbocycles. The van der Waals surface area contributed by atoms with Gasteiger partial charge in [-0.15, -0.1) is 0 Å². The Morgan fingerprint density at radius 2 is 1.70 bits per heavy atom. The number of hydrogen-bond acceptors (Lipinski definition) is 4. The summed E-state index contributed by atoms with van der Waals surface area (Å²) in [7, 11) is 0. The maximum Gasteiger partial charge on any atom is 0.268 e. The molecule has 0 aliphatic heterocycles. The van der Waals surface area contributed by atoms with Crippen molar-refractivity contribution >= 4 is 28.9 Å². The number of nitrogens with one attached hydrogen (secondary N) is 2. The number of rotatable bonds is 6. The van der Waals surface area contributed by atoms with Crippen LogP contribution >= 0.6 is 0 Å². The molecular formula is C19H19F2N3O3. The van der Waals surface area contributed by atoms with Crippen LogP contribution in [0.4, 0.5) is 20.2 Å². The van der Waals surface area contributed by atoms with E-state index in [0.717, 1.165) is 17.7 Å². The fraction of sp³-hybridized carbons (Fsp3) is 0.211. The Morgan fingerprint density at radius 1 is 1.04 bits per heavy atom. The zero-order valence-corrected chi connectivity index (χ0v) is 15.0. The molecule has 142 valence electrons. The molecule has 2 N–H and O–H groups in total. The maximum absolute atomic E-state index is 13.6. The number of carbonyl (C=O) groups is 2. The lowest BCUT2D eigenvalue weighted by molar-refractivity contribution is -0.126. The van der Waals surface area contributed by atoms with Crippen molar-refractivity contribution in [2.75, 3.05) is 10.6 Å². The number of oxime groups is 1. The van der Waals surface area contributed by atoms with E-state index in [1.54, 1.807) is 31.2 Å². The number of halogens is 2. The summed E-state index contributed by atoms with van der Waals surface area (Å²) in [5.74, 6) is -2.42. The van der Waals surface area contributed by atoms with Crippen LogP contribution < -0.4 is 10.6 Å². The van der Waals surface area contributed by atoms with Crippen molar-refractivity contribution < 1.29 is 23.2 Å². The second kappa shape index (κ2) is 8.88. The predicted molar refractivity (Wildman–Crippen MR) is 98.5 cm³/mol. The van der Waals surface area contributed by atoms with Crippen molar-refractivity contribution in [2.45, 2.75) is 26.9 Å². The van der Waals surface area contributed by atoms with Crippen molar-refractivity contribution in [3.8, 4) is 0 Å². The highest BCUT2D eigenvalue weighted by Gasteiger charge is 2.16. The molecule has 2 rings (SSSR count). The number of benzene rings is 2. The average molecular weight is 375 g/mol. The standard InChI is InChI=1S/C19H19F2N3O3/c1-11(14-4-7-16(8-5-14)22-13(3)25)24-27-12(2)19(26)23-18-9-6-15(20)10-17(18)21/h4-10,12H,1-3H3,(H,22,25)(H,23,26)/b24-11+. The van der Waals surface area contributed by atoms with Crippen molar-refractivity contribution in [2.24, 2.45) is 5.16 Å². The molecular weight excluding hydrogens is 356 g/mol. The van der Waals surface area contributed by atoms with Gasteiger partial charge in [-0.3, -0.25) is 9.59 Å². The first-order valence-electron chi connectivity index (χ1n) is 8.10. The maximum atomic E-state index is 13.6. The average Bonchev–Trinajstić information content (AvgIpc) is 2.61. The Morgan fingerprint density at radius 3 is 2.30 bits per heavy atom. The topological polar surface area (TPSA) is 79.8 Å². The lowest BCUT2D eigenvalue weighted by Gasteiger charge is -2.12. The monoisotopic (exact) mass is 375 g/mol. The van der Waals surface area contributed by atoms with Crippen LogP contribution in [0.2, 0.25) is 0 Å². The van der Waals surface area contributed by atoms with Gasteiger partial charge >= 0.3 is 0 Å². The van der Waals surface area contributed by atoms with Crippen LogP contribution in [0, 0.1) is 11.6 Å². The van der Waals surface area contributed by atoms with Crippen molar-refractivity contribution in [3.05, 3.63) is 59.7 Å². The SMILES string of the molecule is CC(=O)Nc1ccc(/C(C)=N/OC(C)C(=O)Nc2ccc(F)cc2F)cc1. The molecule has 6 nitrogen and oxygen atoms in total. The van der Waals surface area contributed by atoms with E-state index in [-0.39, 0.29) is 11.6 Å². The summed E-state index contributed by atoms with van der Waals surface area (Å²) in [5.41, 5.74) is 1.75. The molecule has 8 heteroatoms. The zero-order chi connectivity index (χ0) is 20.0. The summed E-state index contributed by atoms with van der Waals surface area (Å²) in [4.78, 5) is 28.2. The Balaban J connectivity index is 1.96. The summed E-state index contributed by atoms with van der Waals surface area (Å²) < 4.78 is 26.5. The third-order valence-electron chi connectivity index (χ3n) is 3.53. The predicted octanol–water partition coefficient (Wildman–Crippen LogP) is 3.69. The lowest BCUT2D eigenvalue weighted by atomic mass is 10.1. The second-order valence-corrected chi connectivity index (χ2v) is 5.80. The minimum atomic E-state index is -0.997. The van der Waals surface area contributed by atoms with Gasteiger partial charge in [-0.25, -0.2) is 8.78 Å². The van der Waals surface area contributed by atoms with E-state index < -0.39 is 23.6 Å². The van der Waals surface area contributed by atoms with Gasteiger partial charge in [0.15, 0.2) is 0 Å². The Hall–Kier alpha value is -3.29. The van der Waals surface area contributed by atoms with Gasteiger partial charge < -0.3 is 15.5 Å². The lowest BCUT2D eigenvalue weighted by Crippen LogP contribution is -2.27. The molecule has 1 atom stereocenters. The fourth-order valence-electron chi connectivity index (χ4n) is 2.08. The van der Waals surface area contributed by atoms with E-state index in [0.29, 0.717) is 17.5 Å². The van der Waals surface area contributed by atoms with Gasteiger partial charge in [0.25, 0.3) is 5.91 Å². The molecule has 0 heterocycles. The summed E-state index contributed by atoms with van der Waals surface area (Å²) in [6, 6.07) is 9.75. The van der Waals surface area contributed by atoms with Gasteiger partial charge in [-0.1, -0.05) is 17.3 Å². The van der Waals surface area contributed by atoms with Crippen molar-refractivity contribution in [1.29, 1.82) is 0 Å². The highest BCUT2D eigenvalue weighted by atomic mass is 19.1. The Kier molecular flexibility index (Phi) is 6.59. The summed E-state index contributed by atoms with van der Waals surface area (Å²) in [5, 5.41) is 8.86. The number of nitrogens with zero attached hydrogens (tertiary/aromatic N) is 1. The van der Waals surface area contributed by atoms with Crippen molar-refractivity contribution in [3.63, 3.8) is 0 Å². The third-order valence-corrected chi connectivity index (χ3v) is 3.53. The zero-order valence-electron chi connectivity index (χ0n) is 15.0. The van der Waals surface area contributed by atoms with Gasteiger partial charge in [0.2, 0.25) is 12.0 Å². The van der Waals surface area contributed by atoms with E-state index in [1.807, 2.05) is 0 Å². The molecule has 0 fully saturated rings. The van der Waals surface area contributed by atoms with Crippen LogP contribution in [0.3, 0.4) is 0 Å². The number of carbonyl (C=O) groups excluding carboxylic acids is 2. The highest BCUT2D eigenvalue weighted by molar-refractivity contribution is 5.99. The minimum absolute atomic E-state index is 0.147. The smallest absolute Gasteiger partial charge is 0.268 e. The van der Waals surface area contributed by atoms with Crippen molar-refractivity contribution in [1.82, 2.24) is 0 Å². The molecule has 1 unspecified atom stereocenters. The van der Waals surface area contributed by atoms with Crippen LogP contribution in [0.5, 0.6) is 0 Å². The van der Waals surface area contributed by atoms with E-state index in [2.05, 4.69) is 15.8 Å². The molecule has 0 aliphatic rings. The van der Waals surface area contributed by atoms with Crippen LogP contribution in [-0.4, -0.2) is 23.6 Å². The molecule has 0 bridgehead atoms. The first kappa shape index (κ1) is 20.0. The molecule has 0 saturated heterocycles. The summed E-state index contributed by atoms with van der Waals surface area (Å²) >= 11 is 0. The molecule has 27 heavy (non-hydrogen) atoms. The van der Waals surface area contributed by atoms with E-state index in [4.69, 9.17) is 4.84 Å². The molecule has 0 aromatic heterocycles. The molecule has 2 amide bonds. The van der Waals surface area contributed by atoms with Gasteiger partial charge in [0.1, 0.15) is 11.6 Å². The molecule has 2 aromatic rings. The van der Waals surface area contributed by atoms with E-state index >= 15 is 0 Å². The van der Waals surface area contributed by atoms with Gasteiger partial charge in [0, 0.05) is 18.7 Å². The quantitative estimate of drug-likeness (QED) is 0.597. The largest absolute Gasteiger partial charge is 0.382 e. The first-order valence-corrected chi connectivity index (χ1v) is 8.10. The molecule has 0 saturated carbocycles. The number of hydrogen-bond donors (Lipinski definition) is 2. The van der Waals surface area contributed by atoms with Crippen LogP contribution in [0.1, 0.15) is 26.3 Å². The normalized spacial score (nSPS) is 12.3. The Bertz CT molecular complexity index is 867. The van der Waals surface area contributed by atoms with E-state index in [1.165, 1.54) is 13.8 Å². The molecule has 0 aliphatic carbocycles. The first-order chi connectivity index (χ1) is 12.8. The molecule has 0 radical (unpaired) electrons. The fourth-order valence-corrected chi connectivity index (χ4v) is 2.08. The Labute approximate surface area is 155 Å².